The largest absolute Gasteiger partial charge is 0.394 e. The molecule has 0 aliphatic rings. The van der Waals surface area contributed by atoms with Gasteiger partial charge in [-0.1, -0.05) is 0 Å². The Balaban J connectivity index is 3.58. The third-order valence-corrected chi connectivity index (χ3v) is 2.57. The van der Waals surface area contributed by atoms with Gasteiger partial charge in [-0.15, -0.1) is 0 Å². The topological polar surface area (TPSA) is 106 Å². The van der Waals surface area contributed by atoms with Gasteiger partial charge >= 0.3 is 17.1 Å². The molecule has 102 valence electrons. The van der Waals surface area contributed by atoms with Crippen molar-refractivity contribution in [3.63, 3.8) is 0 Å². The minimum Gasteiger partial charge on any atom is -0.394 e. The highest BCUT2D eigenvalue weighted by Crippen LogP contribution is 1.93. The van der Waals surface area contributed by atoms with Gasteiger partial charge in [-0.2, -0.15) is 0 Å². The number of hydrogen-bond acceptors (Lipinski definition) is 5. The summed E-state index contributed by atoms with van der Waals surface area (Å²) in [6, 6.07) is -0.408. The van der Waals surface area contributed by atoms with E-state index in [0.717, 1.165) is 13.7 Å². The van der Waals surface area contributed by atoms with Crippen LogP contribution in [0.15, 0.2) is 14.4 Å². The average molecular weight is 259 g/mol. The Morgan fingerprint density at radius 3 is 2.11 bits per heavy atom. The number of aromatic nitrogens is 3. The fourth-order valence-electron chi connectivity index (χ4n) is 1.58. The van der Waals surface area contributed by atoms with E-state index < -0.39 is 35.8 Å². The van der Waals surface area contributed by atoms with Crippen molar-refractivity contribution in [1.29, 1.82) is 0 Å². The van der Waals surface area contributed by atoms with Gasteiger partial charge in [-0.25, -0.2) is 28.1 Å². The predicted molar refractivity (Wildman–Crippen MR) is 63.7 cm³/mol. The second kappa shape index (κ2) is 5.32. The summed E-state index contributed by atoms with van der Waals surface area (Å²) < 4.78 is 2.46. The van der Waals surface area contributed by atoms with Crippen LogP contribution in [0.25, 0.3) is 0 Å². The van der Waals surface area contributed by atoms with Crippen molar-refractivity contribution in [2.75, 3.05) is 6.61 Å². The summed E-state index contributed by atoms with van der Waals surface area (Å²) in [5.74, 6) is 0. The molecule has 2 N–H and O–H groups in total. The van der Waals surface area contributed by atoms with Gasteiger partial charge in [0.25, 0.3) is 0 Å². The molecule has 0 spiro atoms. The van der Waals surface area contributed by atoms with Crippen LogP contribution in [-0.2, 0) is 13.6 Å². The summed E-state index contributed by atoms with van der Waals surface area (Å²) in [5.41, 5.74) is -2.30. The summed E-state index contributed by atoms with van der Waals surface area (Å²) in [7, 11) is 1.25. The zero-order valence-corrected chi connectivity index (χ0v) is 10.5. The van der Waals surface area contributed by atoms with E-state index in [1.54, 1.807) is 13.8 Å². The van der Waals surface area contributed by atoms with E-state index in [2.05, 4.69) is 0 Å². The maximum atomic E-state index is 12.0. The highest BCUT2D eigenvalue weighted by molar-refractivity contribution is 4.80. The minimum absolute atomic E-state index is 0.352. The third kappa shape index (κ3) is 2.44. The van der Waals surface area contributed by atoms with E-state index in [1.165, 1.54) is 7.05 Å². The average Bonchev–Trinajstić information content (AvgIpc) is 2.31. The molecule has 1 atom stereocenters. The SMILES string of the molecule is CC(C)n1c(=O)n(C)c(=O)n(CC(O)CO)c1=O. The van der Waals surface area contributed by atoms with E-state index in [-0.39, 0.29) is 6.54 Å². The van der Waals surface area contributed by atoms with Gasteiger partial charge in [0.1, 0.15) is 0 Å². The fourth-order valence-corrected chi connectivity index (χ4v) is 1.58. The molecule has 1 rings (SSSR count). The first kappa shape index (κ1) is 14.4. The van der Waals surface area contributed by atoms with Crippen LogP contribution < -0.4 is 17.1 Å². The van der Waals surface area contributed by atoms with Crippen molar-refractivity contribution < 1.29 is 10.2 Å². The monoisotopic (exact) mass is 259 g/mol. The summed E-state index contributed by atoms with van der Waals surface area (Å²) >= 11 is 0. The molecule has 0 fully saturated rings. The minimum atomic E-state index is -1.23. The molecule has 1 aromatic heterocycles. The first-order valence-electron chi connectivity index (χ1n) is 5.52. The van der Waals surface area contributed by atoms with Crippen LogP contribution in [0.4, 0.5) is 0 Å². The molecule has 0 aromatic carbocycles. The molecule has 0 aliphatic heterocycles. The van der Waals surface area contributed by atoms with E-state index in [1.807, 2.05) is 0 Å². The molecule has 18 heavy (non-hydrogen) atoms. The molecule has 0 amide bonds. The molecule has 0 saturated heterocycles. The lowest BCUT2D eigenvalue weighted by molar-refractivity contribution is 0.0777. The Kier molecular flexibility index (Phi) is 4.25. The predicted octanol–water partition coefficient (Wildman–Crippen LogP) is -2.36. The lowest BCUT2D eigenvalue weighted by Gasteiger charge is -2.15. The lowest BCUT2D eigenvalue weighted by atomic mass is 10.3. The number of aliphatic hydroxyl groups is 2. The number of hydrogen-bond donors (Lipinski definition) is 2. The highest BCUT2D eigenvalue weighted by atomic mass is 16.3. The van der Waals surface area contributed by atoms with Crippen LogP contribution in [0.5, 0.6) is 0 Å². The van der Waals surface area contributed by atoms with Crippen molar-refractivity contribution in [2.45, 2.75) is 32.5 Å². The zero-order chi connectivity index (χ0) is 14.0. The number of rotatable bonds is 4. The van der Waals surface area contributed by atoms with Crippen LogP contribution in [0, 0.1) is 0 Å². The third-order valence-electron chi connectivity index (χ3n) is 2.57. The maximum Gasteiger partial charge on any atom is 0.336 e. The first-order chi connectivity index (χ1) is 8.31. The molecule has 0 radical (unpaired) electrons. The van der Waals surface area contributed by atoms with E-state index >= 15 is 0 Å². The van der Waals surface area contributed by atoms with Gasteiger partial charge in [-0.05, 0) is 13.8 Å². The van der Waals surface area contributed by atoms with Crippen LogP contribution in [0.2, 0.25) is 0 Å². The molecule has 1 heterocycles. The Morgan fingerprint density at radius 1 is 1.11 bits per heavy atom. The van der Waals surface area contributed by atoms with E-state index in [0.29, 0.717) is 0 Å². The van der Waals surface area contributed by atoms with Crippen LogP contribution in [-0.4, -0.2) is 36.6 Å². The Morgan fingerprint density at radius 2 is 1.67 bits per heavy atom. The molecular weight excluding hydrogens is 242 g/mol. The van der Waals surface area contributed by atoms with Gasteiger partial charge in [0.05, 0.1) is 19.3 Å². The summed E-state index contributed by atoms with van der Waals surface area (Å²) in [4.78, 5) is 35.5. The van der Waals surface area contributed by atoms with Gasteiger partial charge in [0.15, 0.2) is 0 Å². The van der Waals surface area contributed by atoms with Crippen molar-refractivity contribution in [2.24, 2.45) is 7.05 Å². The van der Waals surface area contributed by atoms with Crippen LogP contribution >= 0.6 is 0 Å². The summed E-state index contributed by atoms with van der Waals surface area (Å²) in [6.45, 7) is 2.35. The van der Waals surface area contributed by atoms with Gasteiger partial charge in [0.2, 0.25) is 0 Å². The molecule has 0 saturated carbocycles. The molecule has 8 heteroatoms. The Bertz CT molecular complexity index is 595. The number of aliphatic hydroxyl groups excluding tert-OH is 2. The zero-order valence-electron chi connectivity index (χ0n) is 10.5. The molecule has 1 aromatic rings. The maximum absolute atomic E-state index is 12.0. The van der Waals surface area contributed by atoms with Gasteiger partial charge in [-0.3, -0.25) is 0 Å². The Hall–Kier alpha value is -1.67. The molecule has 0 bridgehead atoms. The number of nitrogens with zero attached hydrogens (tertiary/aromatic N) is 3. The van der Waals surface area contributed by atoms with Crippen LogP contribution in [0.3, 0.4) is 0 Å². The Labute approximate surface area is 102 Å². The summed E-state index contributed by atoms with van der Waals surface area (Å²) in [5, 5.41) is 18.0. The highest BCUT2D eigenvalue weighted by Gasteiger charge is 2.17. The molecule has 0 aliphatic carbocycles. The smallest absolute Gasteiger partial charge is 0.336 e. The normalized spacial score (nSPS) is 13.0. The second-order valence-corrected chi connectivity index (χ2v) is 4.32. The lowest BCUT2D eigenvalue weighted by Crippen LogP contribution is -2.55. The standard InChI is InChI=1S/C10H17N3O5/c1-6(2)13-9(17)11(3)8(16)12(10(13)18)4-7(15)5-14/h6-7,14-15H,4-5H2,1-3H3. The van der Waals surface area contributed by atoms with E-state index in [4.69, 9.17) is 5.11 Å². The van der Waals surface area contributed by atoms with Crippen molar-refractivity contribution in [3.05, 3.63) is 31.5 Å². The first-order valence-corrected chi connectivity index (χ1v) is 5.52. The van der Waals surface area contributed by atoms with Crippen molar-refractivity contribution >= 4 is 0 Å². The fraction of sp³-hybridized carbons (Fsp3) is 0.700. The van der Waals surface area contributed by atoms with E-state index in [9.17, 15) is 19.5 Å². The molecular formula is C10H17N3O5. The molecule has 1 unspecified atom stereocenters. The molecule has 8 nitrogen and oxygen atoms in total. The van der Waals surface area contributed by atoms with Crippen molar-refractivity contribution in [1.82, 2.24) is 13.7 Å². The summed E-state index contributed by atoms with van der Waals surface area (Å²) in [6.07, 6.45) is -1.23. The van der Waals surface area contributed by atoms with Crippen molar-refractivity contribution in [3.8, 4) is 0 Å². The van der Waals surface area contributed by atoms with Gasteiger partial charge in [0, 0.05) is 13.1 Å². The quantitative estimate of drug-likeness (QED) is 0.629. The van der Waals surface area contributed by atoms with Gasteiger partial charge < -0.3 is 10.2 Å². The second-order valence-electron chi connectivity index (χ2n) is 4.32. The van der Waals surface area contributed by atoms with Crippen LogP contribution in [0.1, 0.15) is 19.9 Å².